The highest BCUT2D eigenvalue weighted by molar-refractivity contribution is 5.98. The van der Waals surface area contributed by atoms with Crippen LogP contribution in [-0.4, -0.2) is 39.0 Å². The van der Waals surface area contributed by atoms with E-state index < -0.39 is 6.04 Å². The fraction of sp³-hybridized carbons (Fsp3) is 0.364. The Morgan fingerprint density at radius 2 is 1.83 bits per heavy atom. The number of pyridine rings is 1. The van der Waals surface area contributed by atoms with Gasteiger partial charge in [0, 0.05) is 24.7 Å². The number of rotatable bonds is 8. The van der Waals surface area contributed by atoms with Crippen molar-refractivity contribution >= 4 is 17.5 Å². The van der Waals surface area contributed by atoms with E-state index in [1.165, 1.54) is 0 Å². The molecule has 7 nitrogen and oxygen atoms in total. The third-order valence-electron chi connectivity index (χ3n) is 4.75. The lowest BCUT2D eigenvalue weighted by atomic mass is 10.0. The number of carbonyl (C=O) groups excluding carboxylic acids is 2. The highest BCUT2D eigenvalue weighted by atomic mass is 16.2. The Labute approximate surface area is 170 Å². The number of nitrogens with zero attached hydrogens (tertiary/aromatic N) is 3. The molecule has 1 unspecified atom stereocenters. The maximum absolute atomic E-state index is 12.8. The fourth-order valence-electron chi connectivity index (χ4n) is 3.25. The Morgan fingerprint density at radius 1 is 1.07 bits per heavy atom. The van der Waals surface area contributed by atoms with Gasteiger partial charge in [-0.2, -0.15) is 0 Å². The van der Waals surface area contributed by atoms with Crippen molar-refractivity contribution in [1.82, 2.24) is 25.2 Å². The van der Waals surface area contributed by atoms with Gasteiger partial charge in [-0.15, -0.1) is 10.2 Å². The van der Waals surface area contributed by atoms with E-state index in [1.807, 2.05) is 67.8 Å². The first-order chi connectivity index (χ1) is 14.0. The molecule has 2 heterocycles. The summed E-state index contributed by atoms with van der Waals surface area (Å²) < 4.78 is 1.90. The van der Waals surface area contributed by atoms with Gasteiger partial charge in [0.15, 0.2) is 5.65 Å². The lowest BCUT2D eigenvalue weighted by Gasteiger charge is -2.20. The van der Waals surface area contributed by atoms with Crippen molar-refractivity contribution in [1.29, 1.82) is 0 Å². The van der Waals surface area contributed by atoms with Crippen LogP contribution in [0.5, 0.6) is 0 Å². The Balaban J connectivity index is 1.61. The molecule has 152 valence electrons. The first-order valence-electron chi connectivity index (χ1n) is 9.88. The predicted molar refractivity (Wildman–Crippen MR) is 112 cm³/mol. The Bertz CT molecular complexity index is 996. The van der Waals surface area contributed by atoms with Gasteiger partial charge in [0.1, 0.15) is 11.9 Å². The molecule has 0 aliphatic rings. The molecule has 7 heteroatoms. The first kappa shape index (κ1) is 20.5. The molecule has 2 N–H and O–H groups in total. The van der Waals surface area contributed by atoms with Crippen LogP contribution < -0.4 is 10.6 Å². The minimum absolute atomic E-state index is 0.186. The van der Waals surface area contributed by atoms with Crippen LogP contribution in [0.2, 0.25) is 0 Å². The number of aryl methyl sites for hydroxylation is 1. The zero-order chi connectivity index (χ0) is 20.8. The molecule has 1 aromatic carbocycles. The van der Waals surface area contributed by atoms with Crippen LogP contribution in [0.4, 0.5) is 0 Å². The van der Waals surface area contributed by atoms with Gasteiger partial charge in [-0.3, -0.25) is 14.0 Å². The topological polar surface area (TPSA) is 88.4 Å². The summed E-state index contributed by atoms with van der Waals surface area (Å²) in [5.74, 6) is 0.635. The number of nitrogens with one attached hydrogen (secondary N) is 2. The summed E-state index contributed by atoms with van der Waals surface area (Å²) in [6.07, 6.45) is 3.02. The van der Waals surface area contributed by atoms with Gasteiger partial charge in [-0.05, 0) is 43.0 Å². The second-order valence-electron chi connectivity index (χ2n) is 7.56. The van der Waals surface area contributed by atoms with E-state index in [1.54, 1.807) is 6.07 Å². The van der Waals surface area contributed by atoms with E-state index in [4.69, 9.17) is 0 Å². The van der Waals surface area contributed by atoms with Crippen molar-refractivity contribution in [2.75, 3.05) is 6.54 Å². The monoisotopic (exact) mass is 393 g/mol. The summed E-state index contributed by atoms with van der Waals surface area (Å²) >= 11 is 0. The fourth-order valence-corrected chi connectivity index (χ4v) is 3.25. The number of carbonyl (C=O) groups is 2. The maximum atomic E-state index is 12.8. The smallest absolute Gasteiger partial charge is 0.252 e. The molecule has 29 heavy (non-hydrogen) atoms. The lowest BCUT2D eigenvalue weighted by molar-refractivity contribution is -0.123. The Kier molecular flexibility index (Phi) is 6.59. The molecule has 2 amide bonds. The van der Waals surface area contributed by atoms with Crippen LogP contribution in [0.15, 0.2) is 48.7 Å². The molecule has 0 fully saturated rings. The normalized spacial score (nSPS) is 12.1. The van der Waals surface area contributed by atoms with Gasteiger partial charge >= 0.3 is 0 Å². The van der Waals surface area contributed by atoms with E-state index in [0.717, 1.165) is 17.0 Å². The lowest BCUT2D eigenvalue weighted by Crippen LogP contribution is -2.48. The summed E-state index contributed by atoms with van der Waals surface area (Å²) in [6, 6.07) is 12.5. The zero-order valence-corrected chi connectivity index (χ0v) is 17.1. The van der Waals surface area contributed by atoms with Gasteiger partial charge in [0.2, 0.25) is 5.91 Å². The van der Waals surface area contributed by atoms with E-state index >= 15 is 0 Å². The van der Waals surface area contributed by atoms with Crippen LogP contribution in [0.3, 0.4) is 0 Å². The molecule has 0 aliphatic heterocycles. The van der Waals surface area contributed by atoms with Crippen LogP contribution in [0.1, 0.15) is 42.0 Å². The van der Waals surface area contributed by atoms with Crippen molar-refractivity contribution in [3.8, 4) is 0 Å². The minimum Gasteiger partial charge on any atom is -0.354 e. The van der Waals surface area contributed by atoms with Crippen molar-refractivity contribution in [3.05, 3.63) is 65.6 Å². The molecule has 0 saturated carbocycles. The van der Waals surface area contributed by atoms with Gasteiger partial charge in [0.25, 0.3) is 5.91 Å². The van der Waals surface area contributed by atoms with Crippen molar-refractivity contribution in [3.63, 3.8) is 0 Å². The summed E-state index contributed by atoms with van der Waals surface area (Å²) in [6.45, 7) is 6.36. The molecule has 0 spiro atoms. The SMILES string of the molecule is Cc1ccccc1C(=O)NC(CC(C)C)C(=O)NCCc1nnc2ccccn12. The van der Waals surface area contributed by atoms with Crippen molar-refractivity contribution < 1.29 is 9.59 Å². The van der Waals surface area contributed by atoms with E-state index in [-0.39, 0.29) is 17.7 Å². The second kappa shape index (κ2) is 9.32. The van der Waals surface area contributed by atoms with Crippen molar-refractivity contribution in [2.24, 2.45) is 5.92 Å². The molecular formula is C22H27N5O2. The molecular weight excluding hydrogens is 366 g/mol. The van der Waals surface area contributed by atoms with Gasteiger partial charge in [0.05, 0.1) is 0 Å². The average Bonchev–Trinajstić information content (AvgIpc) is 3.10. The molecule has 3 rings (SSSR count). The average molecular weight is 393 g/mol. The van der Waals surface area contributed by atoms with Gasteiger partial charge < -0.3 is 10.6 Å². The van der Waals surface area contributed by atoms with E-state index in [2.05, 4.69) is 20.8 Å². The third-order valence-corrected chi connectivity index (χ3v) is 4.75. The maximum Gasteiger partial charge on any atom is 0.252 e. The zero-order valence-electron chi connectivity index (χ0n) is 17.1. The van der Waals surface area contributed by atoms with Gasteiger partial charge in [-0.25, -0.2) is 0 Å². The summed E-state index contributed by atoms with van der Waals surface area (Å²) in [4.78, 5) is 25.4. The number of hydrogen-bond acceptors (Lipinski definition) is 4. The predicted octanol–water partition coefficient (Wildman–Crippen LogP) is 2.54. The highest BCUT2D eigenvalue weighted by Crippen LogP contribution is 2.10. The molecule has 0 radical (unpaired) electrons. The van der Waals surface area contributed by atoms with Crippen LogP contribution in [0, 0.1) is 12.8 Å². The largest absolute Gasteiger partial charge is 0.354 e. The van der Waals surface area contributed by atoms with E-state index in [9.17, 15) is 9.59 Å². The highest BCUT2D eigenvalue weighted by Gasteiger charge is 2.23. The number of aromatic nitrogens is 3. The molecule has 0 saturated heterocycles. The summed E-state index contributed by atoms with van der Waals surface area (Å²) in [5, 5.41) is 14.1. The molecule has 2 aromatic heterocycles. The molecule has 0 aliphatic carbocycles. The number of amides is 2. The molecule has 3 aromatic rings. The van der Waals surface area contributed by atoms with Gasteiger partial charge in [-0.1, -0.05) is 38.1 Å². The van der Waals surface area contributed by atoms with Crippen LogP contribution in [0.25, 0.3) is 5.65 Å². The standard InChI is InChI=1S/C22H27N5O2/c1-15(2)14-18(24-21(28)17-9-5-4-8-16(17)3)22(29)23-12-11-20-26-25-19-10-6-7-13-27(19)20/h4-10,13,15,18H,11-12,14H2,1-3H3,(H,23,29)(H,24,28). The summed E-state index contributed by atoms with van der Waals surface area (Å²) in [5.41, 5.74) is 2.24. The number of fused-ring (bicyclic) bond motifs is 1. The van der Waals surface area contributed by atoms with Crippen LogP contribution >= 0.6 is 0 Å². The van der Waals surface area contributed by atoms with E-state index in [0.29, 0.717) is 24.9 Å². The molecule has 0 bridgehead atoms. The van der Waals surface area contributed by atoms with Crippen molar-refractivity contribution in [2.45, 2.75) is 39.7 Å². The molecule has 1 atom stereocenters. The third kappa shape index (κ3) is 5.19. The Hall–Kier alpha value is -3.22. The van der Waals surface area contributed by atoms with Crippen LogP contribution in [-0.2, 0) is 11.2 Å². The second-order valence-corrected chi connectivity index (χ2v) is 7.56. The first-order valence-corrected chi connectivity index (χ1v) is 9.88. The minimum atomic E-state index is -0.586. The quantitative estimate of drug-likeness (QED) is 0.616. The summed E-state index contributed by atoms with van der Waals surface area (Å²) in [7, 11) is 0. The number of hydrogen-bond donors (Lipinski definition) is 2. The Morgan fingerprint density at radius 3 is 2.59 bits per heavy atom. The number of benzene rings is 1.